The molecule has 2 rings (SSSR count). The molecule has 0 unspecified atom stereocenters. The van der Waals surface area contributed by atoms with Gasteiger partial charge in [0.1, 0.15) is 5.69 Å². The maximum absolute atomic E-state index is 10.9. The van der Waals surface area contributed by atoms with Gasteiger partial charge in [-0.3, -0.25) is 0 Å². The number of furan rings is 1. The SMILES string of the molecule is Cc1cc(C(=O)O)c(C)nc1-c1ccco1. The van der Waals surface area contributed by atoms with E-state index < -0.39 is 5.97 Å². The number of aromatic nitrogens is 1. The van der Waals surface area contributed by atoms with Crippen molar-refractivity contribution in [2.24, 2.45) is 0 Å². The number of carbonyl (C=O) groups is 1. The average molecular weight is 217 g/mol. The number of hydrogen-bond donors (Lipinski definition) is 1. The number of nitrogens with zero attached hydrogens (tertiary/aromatic N) is 1. The molecule has 0 aliphatic heterocycles. The van der Waals surface area contributed by atoms with Crippen LogP contribution < -0.4 is 0 Å². The Bertz CT molecular complexity index is 529. The van der Waals surface area contributed by atoms with Crippen LogP contribution in [0.2, 0.25) is 0 Å². The number of carboxylic acids is 1. The Hall–Kier alpha value is -2.10. The molecular formula is C12H11NO3. The van der Waals surface area contributed by atoms with Crippen LogP contribution in [0.5, 0.6) is 0 Å². The summed E-state index contributed by atoms with van der Waals surface area (Å²) in [5, 5.41) is 8.95. The van der Waals surface area contributed by atoms with Gasteiger partial charge in [-0.25, -0.2) is 9.78 Å². The molecule has 0 radical (unpaired) electrons. The molecule has 2 aromatic heterocycles. The highest BCUT2D eigenvalue weighted by atomic mass is 16.4. The van der Waals surface area contributed by atoms with Gasteiger partial charge >= 0.3 is 5.97 Å². The van der Waals surface area contributed by atoms with Gasteiger partial charge in [0.2, 0.25) is 0 Å². The molecule has 82 valence electrons. The van der Waals surface area contributed by atoms with E-state index in [0.717, 1.165) is 5.56 Å². The van der Waals surface area contributed by atoms with Crippen LogP contribution in [0.4, 0.5) is 0 Å². The summed E-state index contributed by atoms with van der Waals surface area (Å²) in [6, 6.07) is 5.19. The molecule has 2 aromatic rings. The van der Waals surface area contributed by atoms with Gasteiger partial charge < -0.3 is 9.52 Å². The lowest BCUT2D eigenvalue weighted by molar-refractivity contribution is 0.0695. The topological polar surface area (TPSA) is 63.3 Å². The van der Waals surface area contributed by atoms with Gasteiger partial charge in [-0.1, -0.05) is 0 Å². The van der Waals surface area contributed by atoms with Gasteiger partial charge in [0.25, 0.3) is 0 Å². The molecule has 0 saturated carbocycles. The highest BCUT2D eigenvalue weighted by molar-refractivity contribution is 5.89. The van der Waals surface area contributed by atoms with E-state index in [1.54, 1.807) is 31.4 Å². The monoisotopic (exact) mass is 217 g/mol. The van der Waals surface area contributed by atoms with Crippen LogP contribution in [-0.2, 0) is 0 Å². The zero-order valence-electron chi connectivity index (χ0n) is 9.02. The van der Waals surface area contributed by atoms with E-state index in [2.05, 4.69) is 4.98 Å². The Labute approximate surface area is 92.6 Å². The van der Waals surface area contributed by atoms with Crippen molar-refractivity contribution < 1.29 is 14.3 Å². The summed E-state index contributed by atoms with van der Waals surface area (Å²) in [5.41, 5.74) is 2.20. The van der Waals surface area contributed by atoms with Crippen molar-refractivity contribution in [2.45, 2.75) is 13.8 Å². The number of aryl methyl sites for hydroxylation is 2. The van der Waals surface area contributed by atoms with E-state index in [4.69, 9.17) is 9.52 Å². The van der Waals surface area contributed by atoms with Crippen LogP contribution in [0, 0.1) is 13.8 Å². The number of hydrogen-bond acceptors (Lipinski definition) is 3. The van der Waals surface area contributed by atoms with Gasteiger partial charge in [-0.05, 0) is 37.6 Å². The minimum absolute atomic E-state index is 0.229. The van der Waals surface area contributed by atoms with Crippen LogP contribution in [0.1, 0.15) is 21.6 Å². The largest absolute Gasteiger partial charge is 0.478 e. The van der Waals surface area contributed by atoms with Crippen molar-refractivity contribution in [3.05, 3.63) is 41.3 Å². The first-order valence-electron chi connectivity index (χ1n) is 4.85. The summed E-state index contributed by atoms with van der Waals surface area (Å²) in [7, 11) is 0. The zero-order valence-corrected chi connectivity index (χ0v) is 9.02. The van der Waals surface area contributed by atoms with Gasteiger partial charge in [-0.2, -0.15) is 0 Å². The highest BCUT2D eigenvalue weighted by Gasteiger charge is 2.14. The fourth-order valence-corrected chi connectivity index (χ4v) is 1.58. The first kappa shape index (κ1) is 10.4. The number of aromatic carboxylic acids is 1. The van der Waals surface area contributed by atoms with E-state index >= 15 is 0 Å². The first-order chi connectivity index (χ1) is 7.59. The molecule has 0 fully saturated rings. The summed E-state index contributed by atoms with van der Waals surface area (Å²) in [6.07, 6.45) is 1.57. The molecule has 0 aliphatic carbocycles. The highest BCUT2D eigenvalue weighted by Crippen LogP contribution is 2.23. The molecule has 1 N–H and O–H groups in total. The minimum atomic E-state index is -0.959. The molecule has 4 nitrogen and oxygen atoms in total. The molecular weight excluding hydrogens is 206 g/mol. The molecule has 0 bridgehead atoms. The normalized spacial score (nSPS) is 10.4. The third kappa shape index (κ3) is 1.69. The lowest BCUT2D eigenvalue weighted by Gasteiger charge is -2.06. The van der Waals surface area contributed by atoms with Crippen molar-refractivity contribution >= 4 is 5.97 Å². The summed E-state index contributed by atoms with van der Waals surface area (Å²) in [5.74, 6) is -0.309. The van der Waals surface area contributed by atoms with Crippen molar-refractivity contribution in [1.82, 2.24) is 4.98 Å². The van der Waals surface area contributed by atoms with Crippen LogP contribution in [0.15, 0.2) is 28.9 Å². The fourth-order valence-electron chi connectivity index (χ4n) is 1.58. The molecule has 0 amide bonds. The number of rotatable bonds is 2. The lowest BCUT2D eigenvalue weighted by Crippen LogP contribution is -2.04. The number of pyridine rings is 1. The second-order valence-electron chi connectivity index (χ2n) is 3.57. The van der Waals surface area contributed by atoms with Gasteiger partial charge in [-0.15, -0.1) is 0 Å². The second kappa shape index (κ2) is 3.81. The summed E-state index contributed by atoms with van der Waals surface area (Å²) >= 11 is 0. The Morgan fingerprint density at radius 3 is 2.75 bits per heavy atom. The molecule has 0 aliphatic rings. The molecule has 0 spiro atoms. The van der Waals surface area contributed by atoms with E-state index in [0.29, 0.717) is 17.1 Å². The summed E-state index contributed by atoms with van der Waals surface area (Å²) in [4.78, 5) is 15.2. The number of carboxylic acid groups (broad SMARTS) is 1. The molecule has 0 aromatic carbocycles. The van der Waals surface area contributed by atoms with Crippen molar-refractivity contribution in [3.63, 3.8) is 0 Å². The molecule has 0 saturated heterocycles. The maximum Gasteiger partial charge on any atom is 0.337 e. The van der Waals surface area contributed by atoms with Gasteiger partial charge in [0.05, 0.1) is 17.5 Å². The Morgan fingerprint density at radius 1 is 1.44 bits per heavy atom. The van der Waals surface area contributed by atoms with Crippen molar-refractivity contribution in [3.8, 4) is 11.5 Å². The first-order valence-corrected chi connectivity index (χ1v) is 4.85. The quantitative estimate of drug-likeness (QED) is 0.839. The second-order valence-corrected chi connectivity index (χ2v) is 3.57. The van der Waals surface area contributed by atoms with E-state index in [1.165, 1.54) is 0 Å². The van der Waals surface area contributed by atoms with Crippen molar-refractivity contribution in [2.75, 3.05) is 0 Å². The third-order valence-electron chi connectivity index (χ3n) is 2.39. The Morgan fingerprint density at radius 2 is 2.19 bits per heavy atom. The summed E-state index contributed by atoms with van der Waals surface area (Å²) in [6.45, 7) is 3.49. The van der Waals surface area contributed by atoms with E-state index in [9.17, 15) is 4.79 Å². The van der Waals surface area contributed by atoms with Crippen molar-refractivity contribution in [1.29, 1.82) is 0 Å². The van der Waals surface area contributed by atoms with Gasteiger partial charge in [0.15, 0.2) is 5.76 Å². The Balaban J connectivity index is 2.59. The predicted molar refractivity (Wildman–Crippen MR) is 58.4 cm³/mol. The standard InChI is InChI=1S/C12H11NO3/c1-7-6-9(12(14)15)8(2)13-11(7)10-4-3-5-16-10/h3-6H,1-2H3,(H,14,15). The Kier molecular flexibility index (Phi) is 2.48. The van der Waals surface area contributed by atoms with E-state index in [1.807, 2.05) is 6.92 Å². The molecule has 2 heterocycles. The van der Waals surface area contributed by atoms with Crippen LogP contribution >= 0.6 is 0 Å². The smallest absolute Gasteiger partial charge is 0.337 e. The van der Waals surface area contributed by atoms with E-state index in [-0.39, 0.29) is 5.56 Å². The molecule has 4 heteroatoms. The maximum atomic E-state index is 10.9. The van der Waals surface area contributed by atoms with Gasteiger partial charge in [0, 0.05) is 0 Å². The lowest BCUT2D eigenvalue weighted by atomic mass is 10.1. The van der Waals surface area contributed by atoms with Crippen LogP contribution in [0.25, 0.3) is 11.5 Å². The molecule has 16 heavy (non-hydrogen) atoms. The average Bonchev–Trinajstić information content (AvgIpc) is 2.73. The zero-order chi connectivity index (χ0) is 11.7. The fraction of sp³-hybridized carbons (Fsp3) is 0.167. The third-order valence-corrected chi connectivity index (χ3v) is 2.39. The predicted octanol–water partition coefficient (Wildman–Crippen LogP) is 2.66. The summed E-state index contributed by atoms with van der Waals surface area (Å²) < 4.78 is 5.25. The minimum Gasteiger partial charge on any atom is -0.478 e. The molecule has 0 atom stereocenters. The van der Waals surface area contributed by atoms with Crippen LogP contribution in [-0.4, -0.2) is 16.1 Å². The van der Waals surface area contributed by atoms with Crippen LogP contribution in [0.3, 0.4) is 0 Å².